The number of thioether (sulfide) groups is 1. The number of carbonyl (C=O) groups is 4. The molecule has 3 unspecified atom stereocenters. The third-order valence-corrected chi connectivity index (χ3v) is 26.9. The highest BCUT2D eigenvalue weighted by Crippen LogP contribution is 2.52. The second-order valence-corrected chi connectivity index (χ2v) is 38.1. The highest BCUT2D eigenvalue weighted by molar-refractivity contribution is 8.77. The van der Waals surface area contributed by atoms with E-state index >= 15 is 0 Å². The fourth-order valence-electron chi connectivity index (χ4n) is 10.3. The first-order valence-corrected chi connectivity index (χ1v) is 43.6. The normalized spacial score (nSPS) is 19.6. The number of nitrogens with one attached hydrogen (secondary N) is 5. The molecular weight excluding hydrogens is 1530 g/mol. The number of tetrazole rings is 1. The van der Waals surface area contributed by atoms with Crippen molar-refractivity contribution in [2.45, 2.75) is 284 Å². The van der Waals surface area contributed by atoms with E-state index in [0.29, 0.717) is 55.3 Å². The molecule has 5 rings (SSSR count). The van der Waals surface area contributed by atoms with Gasteiger partial charge in [-0.2, -0.15) is 5.21 Å². The van der Waals surface area contributed by atoms with Crippen LogP contribution in [0.1, 0.15) is 185 Å². The third-order valence-electron chi connectivity index (χ3n) is 14.3. The lowest BCUT2D eigenvalue weighted by atomic mass is 10.1. The van der Waals surface area contributed by atoms with Crippen molar-refractivity contribution in [1.82, 2.24) is 64.4 Å². The summed E-state index contributed by atoms with van der Waals surface area (Å²) in [7, 11) is 3.31. The fourth-order valence-corrected chi connectivity index (χ4v) is 19.7. The van der Waals surface area contributed by atoms with Gasteiger partial charge in [-0.05, 0) is 121 Å². The van der Waals surface area contributed by atoms with Crippen molar-refractivity contribution in [2.24, 2.45) is 0 Å². The van der Waals surface area contributed by atoms with Crippen molar-refractivity contribution in [2.75, 3.05) is 56.8 Å². The molecule has 2 fully saturated rings. The Bertz CT molecular complexity index is 3380. The van der Waals surface area contributed by atoms with Crippen molar-refractivity contribution in [3.8, 4) is 0 Å². The van der Waals surface area contributed by atoms with E-state index in [-0.39, 0.29) is 59.4 Å². The largest absolute Gasteiger partial charge is 0.464 e. The van der Waals surface area contributed by atoms with Gasteiger partial charge in [0.25, 0.3) is 19.6 Å². The molecule has 2 aliphatic heterocycles. The molecule has 0 bridgehead atoms. The van der Waals surface area contributed by atoms with E-state index < -0.39 is 125 Å². The smallest absolute Gasteiger partial charge is 0.408 e. The van der Waals surface area contributed by atoms with Gasteiger partial charge in [0.1, 0.15) is 37.5 Å². The van der Waals surface area contributed by atoms with Crippen molar-refractivity contribution >= 4 is 96.0 Å². The predicted molar refractivity (Wildman–Crippen MR) is 425 cm³/mol. The quantitative estimate of drug-likeness (QED) is 0.00594. The summed E-state index contributed by atoms with van der Waals surface area (Å²) in [5, 5.41) is 29.6. The standard InChI is InChI=1S/C29H48N5O9PS2.C20H31N3O8S2.C15H32N3OP.C3H6N4S/c1-11-21-23(43-44(40-16-14-30-10)34(18(3)4)19(5)6)24(25(41-21)33-15-13-22(35)32-27(33)37)42-28(38)31-20(26(36)39-12-2)17-45-46-29(7,8)9;1-6-12-14(25)15(16(30-12)23-9-8-13(24)22-18(23)27)31-19(28)21-11(17(26)29-7-2)10-32-33-20(3,4)5;1-12(2)17(13(3)4)20(19-11-10-16-9)18(14(5)6)15(7)8;1-2-8-3-4-6-7-5-3/h13,15,18-21,23-25H,11-12,14,16-17H2,1-9H3,(H,31,38)(H,32,35,37);8-9,11-12,14-16,25H,6-7,10H2,1-5H3,(H,21,28)(H,22,24,27);12-15H,10-11H2,1-8H3;2H2,1H3,(H,4,5,6,7)/t20-,21+,23?,24-,25+,44?;11-,12+,14?,15-,16+;;/m00../s1. The second-order valence-electron chi connectivity index (χ2n) is 27.4. The molecule has 0 aliphatic carbocycles. The zero-order valence-electron chi connectivity index (χ0n) is 66.1. The molecule has 107 heavy (non-hydrogen) atoms. The predicted octanol–water partition coefficient (Wildman–Crippen LogP) is 10.8. The average Bonchev–Trinajstić information content (AvgIpc) is 1.66. The number of H-pyrrole nitrogens is 3. The summed E-state index contributed by atoms with van der Waals surface area (Å²) in [6, 6.07) is 1.98. The number of rotatable bonds is 37. The summed E-state index contributed by atoms with van der Waals surface area (Å²) in [6.45, 7) is 62.5. The number of hydrogen-bond donors (Lipinski definition) is 6. The van der Waals surface area contributed by atoms with E-state index in [0.717, 1.165) is 27.0 Å². The zero-order valence-corrected chi connectivity index (χ0v) is 72.0. The molecule has 11 atom stereocenters. The summed E-state index contributed by atoms with van der Waals surface area (Å²) >= 11 is 1.57. The lowest BCUT2D eigenvalue weighted by Gasteiger charge is -2.45. The number of amides is 2. The highest BCUT2D eigenvalue weighted by Gasteiger charge is 2.52. The van der Waals surface area contributed by atoms with Crippen LogP contribution in [0.25, 0.3) is 9.69 Å². The van der Waals surface area contributed by atoms with Gasteiger partial charge < -0.3 is 67.4 Å². The Morgan fingerprint density at radius 2 is 1.04 bits per heavy atom. The molecule has 6 N–H and O–H groups in total. The highest BCUT2D eigenvalue weighted by atomic mass is 33.1. The SMILES string of the molecule is CCOC(=O)[C@H](CSSC(C)(C)C)NC(=O)O[C@H]1C(O)[C@@H](CC)O[C@H]1n1ccc(=O)[nH]c1=O.CCSc1nn[nH]n1.[C-]#[N+]CCOP(N(C(C)C)C(C)C)N(C(C)C)C(C)C.[C-]#[N+]CCOP(OC1[C@@H](CC)O[C@@H](n2ccc(=O)[nH]c2=O)[C@H]1OC(=O)N[C@@H](CSSC(C)(C)C)C(=O)OCC)N(C(C)C)C(C)C. The first-order valence-electron chi connectivity index (χ1n) is 35.7. The molecule has 2 aliphatic rings. The Kier molecular flexibility index (Phi) is 46.1. The van der Waals surface area contributed by atoms with E-state index in [1.54, 1.807) is 54.1 Å². The van der Waals surface area contributed by atoms with Crippen LogP contribution in [-0.4, -0.2) is 234 Å². The van der Waals surface area contributed by atoms with Gasteiger partial charge in [0.05, 0.1) is 25.4 Å². The molecule has 0 saturated carbocycles. The first-order chi connectivity index (χ1) is 50.3. The molecule has 608 valence electrons. The number of aromatic nitrogens is 8. The lowest BCUT2D eigenvalue weighted by molar-refractivity contribution is -0.145. The second kappa shape index (κ2) is 50.2. The number of aliphatic hydroxyl groups excluding tert-OH is 1. The van der Waals surface area contributed by atoms with Gasteiger partial charge in [-0.25, -0.2) is 55.9 Å². The van der Waals surface area contributed by atoms with Crippen molar-refractivity contribution < 1.29 is 66.3 Å². The Morgan fingerprint density at radius 3 is 1.40 bits per heavy atom. The van der Waals surface area contributed by atoms with Crippen molar-refractivity contribution in [3.05, 3.63) is 89.0 Å². The topological polar surface area (TPSA) is 378 Å². The van der Waals surface area contributed by atoms with Crippen molar-refractivity contribution in [3.63, 3.8) is 0 Å². The summed E-state index contributed by atoms with van der Waals surface area (Å²) in [5.41, 5.74) is -2.73. The summed E-state index contributed by atoms with van der Waals surface area (Å²) in [6.07, 6.45) is -6.94. The molecule has 2 amide bonds. The van der Waals surface area contributed by atoms with Crippen LogP contribution in [-0.2, 0) is 51.6 Å². The molecular formula is C67H117N15O18P2S5. The number of esters is 2. The molecule has 0 spiro atoms. The van der Waals surface area contributed by atoms with Crippen LogP contribution in [0.3, 0.4) is 0 Å². The molecule has 2 saturated heterocycles. The first kappa shape index (κ1) is 98.2. The van der Waals surface area contributed by atoms with Gasteiger partial charge in [-0.1, -0.05) is 117 Å². The Hall–Kier alpha value is -4.86. The van der Waals surface area contributed by atoms with E-state index in [9.17, 15) is 43.5 Å². The van der Waals surface area contributed by atoms with Crippen LogP contribution >= 0.6 is 71.9 Å². The minimum atomic E-state index is -1.79. The molecule has 0 radical (unpaired) electrons. The third kappa shape index (κ3) is 34.7. The van der Waals surface area contributed by atoms with Gasteiger partial charge in [0.2, 0.25) is 18.2 Å². The number of hydrogen-bond acceptors (Lipinski definition) is 29. The lowest BCUT2D eigenvalue weighted by Crippen LogP contribution is -2.48. The number of ether oxygens (including phenoxy) is 6. The summed E-state index contributed by atoms with van der Waals surface area (Å²) < 4.78 is 61.4. The Balaban J connectivity index is 0.000000550. The number of carbonyl (C=O) groups excluding carboxylic acids is 4. The maximum Gasteiger partial charge on any atom is 0.408 e. The van der Waals surface area contributed by atoms with E-state index in [1.165, 1.54) is 34.0 Å². The van der Waals surface area contributed by atoms with Gasteiger partial charge in [0.15, 0.2) is 33.1 Å². The molecule has 5 heterocycles. The van der Waals surface area contributed by atoms with Gasteiger partial charge >= 0.3 is 35.5 Å². The maximum atomic E-state index is 13.5. The van der Waals surface area contributed by atoms with E-state index in [4.69, 9.17) is 55.1 Å². The van der Waals surface area contributed by atoms with Gasteiger partial charge in [-0.15, -0.1) is 10.2 Å². The fraction of sp³-hybridized carbons (Fsp3) is 0.776. The monoisotopic (exact) mass is 1640 g/mol. The summed E-state index contributed by atoms with van der Waals surface area (Å²) in [4.78, 5) is 111. The minimum Gasteiger partial charge on any atom is -0.464 e. The minimum absolute atomic E-state index is 0.00413. The number of aromatic amines is 3. The number of nitrogens with zero attached hydrogens (tertiary/aromatic N) is 10. The van der Waals surface area contributed by atoms with Gasteiger partial charge in [0, 0.05) is 81.8 Å². The molecule has 3 aromatic rings. The zero-order chi connectivity index (χ0) is 81.1. The molecule has 40 heteroatoms. The average molecular weight is 1640 g/mol. The number of alkyl carbamates (subject to hydrolysis) is 2. The molecule has 0 aromatic carbocycles. The molecule has 33 nitrogen and oxygen atoms in total. The van der Waals surface area contributed by atoms with Crippen LogP contribution in [0.15, 0.2) is 48.9 Å². The molecule has 3 aromatic heterocycles. The van der Waals surface area contributed by atoms with E-state index in [2.05, 4.69) is 116 Å². The van der Waals surface area contributed by atoms with Crippen LogP contribution in [0.4, 0.5) is 9.59 Å². The van der Waals surface area contributed by atoms with Crippen LogP contribution in [0, 0.1) is 13.1 Å². The number of aliphatic hydroxyl groups is 1. The maximum absolute atomic E-state index is 13.5. The van der Waals surface area contributed by atoms with Gasteiger partial charge in [-0.3, -0.25) is 28.7 Å². The summed E-state index contributed by atoms with van der Waals surface area (Å²) in [5.74, 6) is 0.215. The Morgan fingerprint density at radius 1 is 0.626 bits per heavy atom. The van der Waals surface area contributed by atoms with Crippen LogP contribution < -0.4 is 33.1 Å². The Labute approximate surface area is 652 Å². The van der Waals surface area contributed by atoms with Crippen molar-refractivity contribution in [1.29, 1.82) is 0 Å². The van der Waals surface area contributed by atoms with Crippen LogP contribution in [0.2, 0.25) is 0 Å². The van der Waals surface area contributed by atoms with E-state index in [1.807, 2.05) is 87.8 Å². The van der Waals surface area contributed by atoms with Crippen LogP contribution in [0.5, 0.6) is 0 Å².